The Hall–Kier alpha value is -1.96. The van der Waals surface area contributed by atoms with Gasteiger partial charge in [0.2, 0.25) is 5.91 Å². The molecule has 0 aromatic carbocycles. The summed E-state index contributed by atoms with van der Waals surface area (Å²) < 4.78 is 4.60. The minimum atomic E-state index is -0.657. The predicted octanol–water partition coefficient (Wildman–Crippen LogP) is 1.32. The fraction of sp³-hybridized carbons (Fsp3) is 0.538. The van der Waals surface area contributed by atoms with Gasteiger partial charge < -0.3 is 15.4 Å². The highest BCUT2D eigenvalue weighted by Gasteiger charge is 2.28. The number of Topliss-reactive ketones (excluding diaryl/α,β-unsaturated/α-hetero) is 1. The van der Waals surface area contributed by atoms with E-state index in [0.29, 0.717) is 11.7 Å². The van der Waals surface area contributed by atoms with Gasteiger partial charge in [-0.3, -0.25) is 9.59 Å². The monoisotopic (exact) mass is 313 g/mol. The number of nitrogens with one attached hydrogen (secondary N) is 2. The summed E-state index contributed by atoms with van der Waals surface area (Å²) in [5.74, 6) is -1.03. The Morgan fingerprint density at radius 1 is 1.33 bits per heavy atom. The zero-order valence-electron chi connectivity index (χ0n) is 12.7. The summed E-state index contributed by atoms with van der Waals surface area (Å²) in [7, 11) is 2.80. The standard InChI is InChI=1S/C13H19N3O4S/c1-7(17)9-8(10(18)20-5)16-12(21-9)15-6-13(2,3)11(19)14-4/h6H2,1-5H3,(H,14,19)(H,15,16). The van der Waals surface area contributed by atoms with E-state index in [9.17, 15) is 14.4 Å². The van der Waals surface area contributed by atoms with Gasteiger partial charge in [0.05, 0.1) is 12.5 Å². The molecule has 0 atom stereocenters. The lowest BCUT2D eigenvalue weighted by Crippen LogP contribution is -2.39. The van der Waals surface area contributed by atoms with E-state index in [4.69, 9.17) is 0 Å². The van der Waals surface area contributed by atoms with Crippen LogP contribution in [0.5, 0.6) is 0 Å². The van der Waals surface area contributed by atoms with Crippen LogP contribution in [0.3, 0.4) is 0 Å². The molecule has 0 aliphatic heterocycles. The van der Waals surface area contributed by atoms with Crippen molar-refractivity contribution < 1.29 is 19.1 Å². The number of anilines is 1. The number of hydrogen-bond donors (Lipinski definition) is 2. The SMILES string of the molecule is CNC(=O)C(C)(C)CNc1nc(C(=O)OC)c(C(C)=O)s1. The van der Waals surface area contributed by atoms with Crippen LogP contribution in [-0.4, -0.2) is 43.3 Å². The Morgan fingerprint density at radius 2 is 1.95 bits per heavy atom. The lowest BCUT2D eigenvalue weighted by atomic mass is 9.92. The van der Waals surface area contributed by atoms with Crippen molar-refractivity contribution in [1.82, 2.24) is 10.3 Å². The van der Waals surface area contributed by atoms with E-state index < -0.39 is 11.4 Å². The van der Waals surface area contributed by atoms with Gasteiger partial charge in [-0.1, -0.05) is 11.3 Å². The van der Waals surface area contributed by atoms with Crippen molar-refractivity contribution in [1.29, 1.82) is 0 Å². The van der Waals surface area contributed by atoms with Crippen molar-refractivity contribution in [3.63, 3.8) is 0 Å². The van der Waals surface area contributed by atoms with Gasteiger partial charge in [-0.2, -0.15) is 0 Å². The first-order chi connectivity index (χ1) is 9.72. The number of nitrogens with zero attached hydrogens (tertiary/aromatic N) is 1. The molecule has 0 fully saturated rings. The second-order valence-electron chi connectivity index (χ2n) is 5.06. The molecule has 0 aliphatic rings. The van der Waals surface area contributed by atoms with E-state index >= 15 is 0 Å². The number of rotatable bonds is 6. The summed E-state index contributed by atoms with van der Waals surface area (Å²) in [4.78, 5) is 39.1. The Morgan fingerprint density at radius 3 is 2.43 bits per heavy atom. The molecule has 0 saturated heterocycles. The average Bonchev–Trinajstić information content (AvgIpc) is 2.88. The minimum Gasteiger partial charge on any atom is -0.464 e. The predicted molar refractivity (Wildman–Crippen MR) is 79.8 cm³/mol. The molecule has 0 spiro atoms. The Labute approximate surface area is 127 Å². The average molecular weight is 313 g/mol. The molecule has 2 N–H and O–H groups in total. The number of methoxy groups -OCH3 is 1. The second-order valence-corrected chi connectivity index (χ2v) is 6.06. The Kier molecular flexibility index (Phi) is 5.42. The normalized spacial score (nSPS) is 10.9. The highest BCUT2D eigenvalue weighted by molar-refractivity contribution is 7.17. The molecule has 1 heterocycles. The largest absolute Gasteiger partial charge is 0.464 e. The molecule has 0 unspecified atom stereocenters. The molecule has 0 saturated carbocycles. The quantitative estimate of drug-likeness (QED) is 0.607. The van der Waals surface area contributed by atoms with Crippen LogP contribution in [0.2, 0.25) is 0 Å². The number of amides is 1. The van der Waals surface area contributed by atoms with Gasteiger partial charge in [0, 0.05) is 20.5 Å². The zero-order valence-corrected chi connectivity index (χ0v) is 13.5. The van der Waals surface area contributed by atoms with Gasteiger partial charge in [0.1, 0.15) is 4.88 Å². The number of thiazole rings is 1. The van der Waals surface area contributed by atoms with Gasteiger partial charge in [-0.05, 0) is 13.8 Å². The number of ether oxygens (including phenoxy) is 1. The van der Waals surface area contributed by atoms with E-state index in [1.54, 1.807) is 20.9 Å². The van der Waals surface area contributed by atoms with E-state index in [0.717, 1.165) is 11.3 Å². The van der Waals surface area contributed by atoms with Crippen molar-refractivity contribution in [3.8, 4) is 0 Å². The number of hydrogen-bond acceptors (Lipinski definition) is 7. The van der Waals surface area contributed by atoms with Crippen molar-refractivity contribution in [2.24, 2.45) is 5.41 Å². The van der Waals surface area contributed by atoms with Crippen LogP contribution in [0.15, 0.2) is 0 Å². The third-order valence-corrected chi connectivity index (χ3v) is 3.96. The van der Waals surface area contributed by atoms with Crippen LogP contribution in [0, 0.1) is 5.41 Å². The number of esters is 1. The van der Waals surface area contributed by atoms with Crippen molar-refractivity contribution in [3.05, 3.63) is 10.6 Å². The van der Waals surface area contributed by atoms with Crippen LogP contribution in [0.1, 0.15) is 40.9 Å². The summed E-state index contributed by atoms with van der Waals surface area (Å²) in [5.41, 5.74) is -0.655. The summed E-state index contributed by atoms with van der Waals surface area (Å²) in [6.07, 6.45) is 0. The molecule has 8 heteroatoms. The van der Waals surface area contributed by atoms with Crippen molar-refractivity contribution in [2.75, 3.05) is 26.0 Å². The van der Waals surface area contributed by atoms with Gasteiger partial charge in [0.25, 0.3) is 0 Å². The lowest BCUT2D eigenvalue weighted by Gasteiger charge is -2.22. The number of aromatic nitrogens is 1. The van der Waals surface area contributed by atoms with Gasteiger partial charge in [0.15, 0.2) is 16.6 Å². The lowest BCUT2D eigenvalue weighted by molar-refractivity contribution is -0.128. The van der Waals surface area contributed by atoms with E-state index in [1.165, 1.54) is 14.0 Å². The summed E-state index contributed by atoms with van der Waals surface area (Å²) in [6.45, 7) is 5.23. The maximum absolute atomic E-state index is 11.7. The fourth-order valence-electron chi connectivity index (χ4n) is 1.58. The van der Waals surface area contributed by atoms with Crippen LogP contribution in [-0.2, 0) is 9.53 Å². The molecule has 21 heavy (non-hydrogen) atoms. The smallest absolute Gasteiger partial charge is 0.358 e. The maximum Gasteiger partial charge on any atom is 0.358 e. The second kappa shape index (κ2) is 6.66. The third kappa shape index (κ3) is 4.01. The first-order valence-corrected chi connectivity index (χ1v) is 7.10. The van der Waals surface area contributed by atoms with E-state index in [2.05, 4.69) is 20.4 Å². The van der Waals surface area contributed by atoms with Crippen molar-refractivity contribution >= 4 is 34.1 Å². The summed E-state index contributed by atoms with van der Waals surface area (Å²) >= 11 is 1.07. The zero-order chi connectivity index (χ0) is 16.2. The molecule has 1 amide bonds. The molecule has 1 rings (SSSR count). The number of carbonyl (C=O) groups excluding carboxylic acids is 3. The molecular weight excluding hydrogens is 294 g/mol. The molecule has 1 aromatic heterocycles. The fourth-order valence-corrected chi connectivity index (χ4v) is 2.43. The maximum atomic E-state index is 11.7. The topological polar surface area (TPSA) is 97.4 Å². The van der Waals surface area contributed by atoms with Crippen LogP contribution in [0.4, 0.5) is 5.13 Å². The molecule has 1 aromatic rings. The van der Waals surface area contributed by atoms with Crippen LogP contribution >= 0.6 is 11.3 Å². The summed E-state index contributed by atoms with van der Waals surface area (Å²) in [6, 6.07) is 0. The highest BCUT2D eigenvalue weighted by Crippen LogP contribution is 2.26. The van der Waals surface area contributed by atoms with Crippen molar-refractivity contribution in [2.45, 2.75) is 20.8 Å². The first kappa shape index (κ1) is 17.1. The van der Waals surface area contributed by atoms with E-state index in [1.807, 2.05) is 0 Å². The minimum absolute atomic E-state index is 0.00440. The Balaban J connectivity index is 2.93. The van der Waals surface area contributed by atoms with Gasteiger partial charge >= 0.3 is 5.97 Å². The third-order valence-electron chi connectivity index (χ3n) is 2.85. The van der Waals surface area contributed by atoms with Crippen LogP contribution in [0.25, 0.3) is 0 Å². The van der Waals surface area contributed by atoms with Crippen LogP contribution < -0.4 is 10.6 Å². The Bertz CT molecular complexity index is 566. The number of ketones is 1. The molecular formula is C13H19N3O4S. The number of carbonyl (C=O) groups is 3. The molecule has 0 bridgehead atoms. The molecule has 116 valence electrons. The molecule has 7 nitrogen and oxygen atoms in total. The van der Waals surface area contributed by atoms with E-state index in [-0.39, 0.29) is 22.3 Å². The molecule has 0 aliphatic carbocycles. The van der Waals surface area contributed by atoms with Gasteiger partial charge in [-0.15, -0.1) is 0 Å². The highest BCUT2D eigenvalue weighted by atomic mass is 32.1. The first-order valence-electron chi connectivity index (χ1n) is 6.29. The summed E-state index contributed by atoms with van der Waals surface area (Å²) in [5, 5.41) is 5.96. The van der Waals surface area contributed by atoms with Gasteiger partial charge in [-0.25, -0.2) is 9.78 Å². The molecule has 0 radical (unpaired) electrons.